The fourth-order valence-electron chi connectivity index (χ4n) is 1.73. The Morgan fingerprint density at radius 3 is 2.12 bits per heavy atom. The van der Waals surface area contributed by atoms with Gasteiger partial charge < -0.3 is 22.5 Å². The van der Waals surface area contributed by atoms with Crippen molar-refractivity contribution in [2.24, 2.45) is 29.0 Å². The predicted molar refractivity (Wildman–Crippen MR) is 70.9 cm³/mol. The molecule has 0 aliphatic rings. The molecule has 3 unspecified atom stereocenters. The van der Waals surface area contributed by atoms with Crippen LogP contribution in [0.15, 0.2) is 0 Å². The molecule has 0 saturated heterocycles. The summed E-state index contributed by atoms with van der Waals surface area (Å²) in [6, 6.07) is 0. The standard InChI is InChI=1S/C12H30N4/c1-10(5-3-7-13)9-16-12(15)11(2)6-4-8-14/h10-12,16H,3-9,13-15H2,1-2H3. The maximum atomic E-state index is 6.06. The molecule has 98 valence electrons. The maximum Gasteiger partial charge on any atom is 0.0572 e. The average molecular weight is 230 g/mol. The molecule has 16 heavy (non-hydrogen) atoms. The molecule has 0 spiro atoms. The number of hydrogen-bond donors (Lipinski definition) is 4. The average Bonchev–Trinajstić information content (AvgIpc) is 2.30. The summed E-state index contributed by atoms with van der Waals surface area (Å²) in [5.74, 6) is 1.14. The van der Waals surface area contributed by atoms with Gasteiger partial charge in [-0.2, -0.15) is 0 Å². The summed E-state index contributed by atoms with van der Waals surface area (Å²) in [7, 11) is 0. The first-order chi connectivity index (χ1) is 7.61. The van der Waals surface area contributed by atoms with E-state index in [-0.39, 0.29) is 6.17 Å². The third-order valence-electron chi connectivity index (χ3n) is 3.08. The van der Waals surface area contributed by atoms with Crippen molar-refractivity contribution in [3.63, 3.8) is 0 Å². The van der Waals surface area contributed by atoms with E-state index in [2.05, 4.69) is 19.2 Å². The van der Waals surface area contributed by atoms with Crippen LogP contribution in [-0.4, -0.2) is 25.8 Å². The van der Waals surface area contributed by atoms with Gasteiger partial charge in [0.2, 0.25) is 0 Å². The van der Waals surface area contributed by atoms with E-state index < -0.39 is 0 Å². The van der Waals surface area contributed by atoms with Crippen molar-refractivity contribution in [1.29, 1.82) is 0 Å². The molecule has 0 aromatic heterocycles. The third kappa shape index (κ3) is 8.05. The Kier molecular flexibility index (Phi) is 9.92. The molecule has 0 heterocycles. The molecule has 4 heteroatoms. The van der Waals surface area contributed by atoms with E-state index in [1.54, 1.807) is 0 Å². The zero-order valence-electron chi connectivity index (χ0n) is 10.9. The lowest BCUT2D eigenvalue weighted by Gasteiger charge is -2.23. The minimum Gasteiger partial charge on any atom is -0.330 e. The second-order valence-corrected chi connectivity index (χ2v) is 4.88. The molecule has 0 saturated carbocycles. The van der Waals surface area contributed by atoms with Gasteiger partial charge >= 0.3 is 0 Å². The van der Waals surface area contributed by atoms with Gasteiger partial charge in [-0.3, -0.25) is 0 Å². The zero-order chi connectivity index (χ0) is 12.4. The highest BCUT2D eigenvalue weighted by molar-refractivity contribution is 4.69. The monoisotopic (exact) mass is 230 g/mol. The Labute approximate surface area is 100 Å². The Balaban J connectivity index is 3.57. The minimum atomic E-state index is 0.0897. The number of hydrogen-bond acceptors (Lipinski definition) is 4. The zero-order valence-corrected chi connectivity index (χ0v) is 10.9. The van der Waals surface area contributed by atoms with Crippen LogP contribution < -0.4 is 22.5 Å². The first-order valence-electron chi connectivity index (χ1n) is 6.50. The van der Waals surface area contributed by atoms with Crippen LogP contribution >= 0.6 is 0 Å². The predicted octanol–water partition coefficient (Wildman–Crippen LogP) is 0.611. The Morgan fingerprint density at radius 1 is 1.00 bits per heavy atom. The van der Waals surface area contributed by atoms with E-state index in [1.165, 1.54) is 6.42 Å². The van der Waals surface area contributed by atoms with Gasteiger partial charge in [-0.1, -0.05) is 13.8 Å². The fraction of sp³-hybridized carbons (Fsp3) is 1.00. The van der Waals surface area contributed by atoms with Gasteiger partial charge in [0.1, 0.15) is 0 Å². The topological polar surface area (TPSA) is 90.1 Å². The van der Waals surface area contributed by atoms with Crippen molar-refractivity contribution in [2.45, 2.75) is 45.7 Å². The van der Waals surface area contributed by atoms with Crippen molar-refractivity contribution in [3.05, 3.63) is 0 Å². The first-order valence-corrected chi connectivity index (χ1v) is 6.50. The highest BCUT2D eigenvalue weighted by Crippen LogP contribution is 2.08. The van der Waals surface area contributed by atoms with Crippen LogP contribution in [0.4, 0.5) is 0 Å². The van der Waals surface area contributed by atoms with Gasteiger partial charge in [0.25, 0.3) is 0 Å². The van der Waals surface area contributed by atoms with Crippen molar-refractivity contribution < 1.29 is 0 Å². The first kappa shape index (κ1) is 15.8. The number of nitrogens with one attached hydrogen (secondary N) is 1. The quantitative estimate of drug-likeness (QED) is 0.414. The van der Waals surface area contributed by atoms with Crippen LogP contribution in [0.2, 0.25) is 0 Å². The van der Waals surface area contributed by atoms with E-state index in [1.807, 2.05) is 0 Å². The molecular weight excluding hydrogens is 200 g/mol. The van der Waals surface area contributed by atoms with Crippen LogP contribution in [0.3, 0.4) is 0 Å². The normalized spacial score (nSPS) is 17.1. The molecule has 0 aliphatic carbocycles. The van der Waals surface area contributed by atoms with Crippen molar-refractivity contribution >= 4 is 0 Å². The molecule has 3 atom stereocenters. The van der Waals surface area contributed by atoms with Crippen LogP contribution in [0.25, 0.3) is 0 Å². The molecule has 7 N–H and O–H groups in total. The lowest BCUT2D eigenvalue weighted by molar-refractivity contribution is 0.334. The Bertz CT molecular complexity index is 152. The summed E-state index contributed by atoms with van der Waals surface area (Å²) in [4.78, 5) is 0. The Hall–Kier alpha value is -0.160. The van der Waals surface area contributed by atoms with E-state index in [9.17, 15) is 0 Å². The van der Waals surface area contributed by atoms with Crippen molar-refractivity contribution in [2.75, 3.05) is 19.6 Å². The highest BCUT2D eigenvalue weighted by atomic mass is 15.0. The van der Waals surface area contributed by atoms with Gasteiger partial charge in [-0.15, -0.1) is 0 Å². The van der Waals surface area contributed by atoms with E-state index in [4.69, 9.17) is 17.2 Å². The molecule has 0 radical (unpaired) electrons. The second-order valence-electron chi connectivity index (χ2n) is 4.88. The van der Waals surface area contributed by atoms with Gasteiger partial charge in [-0.25, -0.2) is 0 Å². The summed E-state index contributed by atoms with van der Waals surface area (Å²) < 4.78 is 0. The maximum absolute atomic E-state index is 6.06. The molecular formula is C12H30N4. The number of nitrogens with two attached hydrogens (primary N) is 3. The van der Waals surface area contributed by atoms with E-state index >= 15 is 0 Å². The SMILES string of the molecule is CC(CCCN)CNC(N)C(C)CCCN. The lowest BCUT2D eigenvalue weighted by atomic mass is 10.0. The Morgan fingerprint density at radius 2 is 1.56 bits per heavy atom. The summed E-state index contributed by atoms with van der Waals surface area (Å²) >= 11 is 0. The summed E-state index contributed by atoms with van der Waals surface area (Å²) in [6.07, 6.45) is 4.52. The molecule has 0 rings (SSSR count). The van der Waals surface area contributed by atoms with Gasteiger partial charge in [0, 0.05) is 0 Å². The van der Waals surface area contributed by atoms with Crippen molar-refractivity contribution in [3.8, 4) is 0 Å². The van der Waals surface area contributed by atoms with E-state index in [0.29, 0.717) is 11.8 Å². The smallest absolute Gasteiger partial charge is 0.0572 e. The molecule has 0 bridgehead atoms. The van der Waals surface area contributed by atoms with Crippen LogP contribution in [0, 0.1) is 11.8 Å². The third-order valence-corrected chi connectivity index (χ3v) is 3.08. The minimum absolute atomic E-state index is 0.0897. The molecule has 0 fully saturated rings. The fourth-order valence-corrected chi connectivity index (χ4v) is 1.73. The largest absolute Gasteiger partial charge is 0.330 e. The number of rotatable bonds is 10. The van der Waals surface area contributed by atoms with Gasteiger partial charge in [0.15, 0.2) is 0 Å². The molecule has 0 aliphatic heterocycles. The molecule has 4 nitrogen and oxygen atoms in total. The second kappa shape index (κ2) is 10.0. The van der Waals surface area contributed by atoms with Gasteiger partial charge in [-0.05, 0) is 57.2 Å². The summed E-state index contributed by atoms with van der Waals surface area (Å²) in [6.45, 7) is 6.93. The molecule has 0 aromatic carbocycles. The van der Waals surface area contributed by atoms with Crippen LogP contribution in [0.5, 0.6) is 0 Å². The highest BCUT2D eigenvalue weighted by Gasteiger charge is 2.12. The lowest BCUT2D eigenvalue weighted by Crippen LogP contribution is -2.44. The molecule has 0 aromatic rings. The summed E-state index contributed by atoms with van der Waals surface area (Å²) in [5.41, 5.74) is 17.0. The van der Waals surface area contributed by atoms with Crippen LogP contribution in [-0.2, 0) is 0 Å². The van der Waals surface area contributed by atoms with E-state index in [0.717, 1.165) is 38.9 Å². The van der Waals surface area contributed by atoms with Crippen LogP contribution in [0.1, 0.15) is 39.5 Å². The molecule has 0 amide bonds. The summed E-state index contributed by atoms with van der Waals surface area (Å²) in [5, 5.41) is 3.40. The van der Waals surface area contributed by atoms with Gasteiger partial charge in [0.05, 0.1) is 6.17 Å². The van der Waals surface area contributed by atoms with Crippen molar-refractivity contribution in [1.82, 2.24) is 5.32 Å².